The Morgan fingerprint density at radius 1 is 0.977 bits per heavy atom. The number of carbonyl (C=O) groups is 4. The van der Waals surface area contributed by atoms with Crippen LogP contribution in [0.5, 0.6) is 0 Å². The van der Waals surface area contributed by atoms with E-state index in [-0.39, 0.29) is 29.0 Å². The highest BCUT2D eigenvalue weighted by molar-refractivity contribution is 6.74. The molecule has 2 aromatic rings. The Morgan fingerprint density at radius 3 is 2.39 bits per heavy atom. The van der Waals surface area contributed by atoms with Crippen LogP contribution in [-0.2, 0) is 27.0 Å². The number of aryl methyl sites for hydroxylation is 1. The molecule has 0 radical (unpaired) electrons. The maximum Gasteiger partial charge on any atom is 0.264 e. The SMILES string of the molecule is CC(C)(C)[Si](C)(C)OCCCCCCCCCc1ccnc(CNc2cccc3c2C(=O)N(C2CCC(=O)NC2=O)C3=O)c1. The molecule has 238 valence electrons. The van der Waals surface area contributed by atoms with E-state index in [1.165, 1.54) is 37.7 Å². The second-order valence-electron chi connectivity index (χ2n) is 13.5. The van der Waals surface area contributed by atoms with Crippen LogP contribution in [0.3, 0.4) is 0 Å². The lowest BCUT2D eigenvalue weighted by molar-refractivity contribution is -0.136. The number of piperidine rings is 1. The molecule has 2 N–H and O–H groups in total. The third kappa shape index (κ3) is 8.21. The van der Waals surface area contributed by atoms with E-state index in [2.05, 4.69) is 55.5 Å². The van der Waals surface area contributed by atoms with E-state index in [0.717, 1.165) is 36.5 Å². The third-order valence-corrected chi connectivity index (χ3v) is 13.7. The predicted molar refractivity (Wildman–Crippen MR) is 174 cm³/mol. The van der Waals surface area contributed by atoms with E-state index < -0.39 is 38.0 Å². The summed E-state index contributed by atoms with van der Waals surface area (Å²) in [5, 5.41) is 5.78. The second kappa shape index (κ2) is 14.6. The van der Waals surface area contributed by atoms with Crippen LogP contribution < -0.4 is 10.6 Å². The van der Waals surface area contributed by atoms with Crippen molar-refractivity contribution in [3.05, 3.63) is 58.9 Å². The number of imide groups is 2. The summed E-state index contributed by atoms with van der Waals surface area (Å²) in [6, 6.07) is 8.21. The lowest BCUT2D eigenvalue weighted by Gasteiger charge is -2.36. The molecule has 1 saturated heterocycles. The molecule has 9 nitrogen and oxygen atoms in total. The summed E-state index contributed by atoms with van der Waals surface area (Å²) in [7, 11) is -1.63. The molecule has 2 aliphatic rings. The van der Waals surface area contributed by atoms with E-state index in [9.17, 15) is 19.2 Å². The number of anilines is 1. The van der Waals surface area contributed by atoms with Crippen molar-refractivity contribution in [2.24, 2.45) is 0 Å². The Balaban J connectivity index is 1.19. The van der Waals surface area contributed by atoms with Gasteiger partial charge in [0.2, 0.25) is 11.8 Å². The highest BCUT2D eigenvalue weighted by Gasteiger charge is 2.45. The summed E-state index contributed by atoms with van der Waals surface area (Å²) in [5.74, 6) is -2.05. The first-order valence-corrected chi connectivity index (χ1v) is 19.0. The fourth-order valence-corrected chi connectivity index (χ4v) is 6.57. The molecule has 4 amide bonds. The summed E-state index contributed by atoms with van der Waals surface area (Å²) >= 11 is 0. The van der Waals surface area contributed by atoms with E-state index in [0.29, 0.717) is 12.2 Å². The molecule has 0 spiro atoms. The second-order valence-corrected chi connectivity index (χ2v) is 18.3. The van der Waals surface area contributed by atoms with Crippen molar-refractivity contribution in [3.63, 3.8) is 0 Å². The first kappa shape index (κ1) is 33.5. The molecule has 44 heavy (non-hydrogen) atoms. The van der Waals surface area contributed by atoms with Crippen LogP contribution in [0.2, 0.25) is 18.1 Å². The van der Waals surface area contributed by atoms with Crippen molar-refractivity contribution >= 4 is 37.6 Å². The molecule has 4 rings (SSSR count). The number of rotatable bonds is 15. The molecular formula is C34H48N4O5Si. The van der Waals surface area contributed by atoms with Gasteiger partial charge in [-0.25, -0.2) is 0 Å². The fourth-order valence-electron chi connectivity index (χ4n) is 5.49. The van der Waals surface area contributed by atoms with Gasteiger partial charge < -0.3 is 9.74 Å². The first-order valence-electron chi connectivity index (χ1n) is 16.1. The zero-order valence-corrected chi connectivity index (χ0v) is 28.0. The average Bonchev–Trinajstić information content (AvgIpc) is 3.22. The van der Waals surface area contributed by atoms with Crippen LogP contribution in [0.4, 0.5) is 5.69 Å². The minimum atomic E-state index is -1.63. The number of benzene rings is 1. The lowest BCUT2D eigenvalue weighted by atomic mass is 10.0. The topological polar surface area (TPSA) is 118 Å². The summed E-state index contributed by atoms with van der Waals surface area (Å²) in [5.41, 5.74) is 3.11. The molecule has 0 saturated carbocycles. The molecule has 0 aliphatic carbocycles. The average molecular weight is 621 g/mol. The van der Waals surface area contributed by atoms with E-state index in [1.807, 2.05) is 12.3 Å². The molecule has 1 unspecified atom stereocenters. The highest BCUT2D eigenvalue weighted by atomic mass is 28.4. The molecule has 1 aromatic heterocycles. The lowest BCUT2D eigenvalue weighted by Crippen LogP contribution is -2.54. The van der Waals surface area contributed by atoms with Crippen molar-refractivity contribution in [1.29, 1.82) is 0 Å². The summed E-state index contributed by atoms with van der Waals surface area (Å²) < 4.78 is 6.28. The van der Waals surface area contributed by atoms with Gasteiger partial charge in [-0.1, -0.05) is 58.9 Å². The van der Waals surface area contributed by atoms with E-state index in [4.69, 9.17) is 4.43 Å². The Hall–Kier alpha value is -3.37. The van der Waals surface area contributed by atoms with Gasteiger partial charge >= 0.3 is 0 Å². The predicted octanol–water partition coefficient (Wildman–Crippen LogP) is 6.39. The van der Waals surface area contributed by atoms with E-state index >= 15 is 0 Å². The van der Waals surface area contributed by atoms with Gasteiger partial charge in [0.05, 0.1) is 23.4 Å². The molecule has 0 bridgehead atoms. The Labute approximate surface area is 262 Å². The van der Waals surface area contributed by atoms with Crippen LogP contribution in [-0.4, -0.2) is 54.5 Å². The molecule has 1 fully saturated rings. The maximum absolute atomic E-state index is 13.3. The van der Waals surface area contributed by atoms with Gasteiger partial charge in [0.1, 0.15) is 6.04 Å². The smallest absolute Gasteiger partial charge is 0.264 e. The van der Waals surface area contributed by atoms with Crippen LogP contribution in [0.15, 0.2) is 36.5 Å². The number of nitrogens with zero attached hydrogens (tertiary/aromatic N) is 2. The zero-order valence-electron chi connectivity index (χ0n) is 27.0. The number of fused-ring (bicyclic) bond motifs is 1. The fraction of sp³-hybridized carbons (Fsp3) is 0.559. The number of amides is 4. The molecule has 1 atom stereocenters. The monoisotopic (exact) mass is 620 g/mol. The molecular weight excluding hydrogens is 572 g/mol. The summed E-state index contributed by atoms with van der Waals surface area (Å²) in [6.07, 6.45) is 11.5. The van der Waals surface area contributed by atoms with Gasteiger partial charge in [0.25, 0.3) is 11.8 Å². The van der Waals surface area contributed by atoms with Crippen molar-refractivity contribution in [2.45, 2.75) is 116 Å². The molecule has 1 aromatic carbocycles. The van der Waals surface area contributed by atoms with Gasteiger partial charge in [0.15, 0.2) is 8.32 Å². The first-order chi connectivity index (χ1) is 20.9. The number of pyridine rings is 1. The number of hydrogen-bond acceptors (Lipinski definition) is 7. The number of nitrogens with one attached hydrogen (secondary N) is 2. The van der Waals surface area contributed by atoms with Crippen LogP contribution >= 0.6 is 0 Å². The normalized spacial score (nSPS) is 17.2. The molecule has 3 heterocycles. The number of aromatic nitrogens is 1. The van der Waals surface area contributed by atoms with Gasteiger partial charge in [-0.3, -0.25) is 34.4 Å². The molecule has 2 aliphatic heterocycles. The number of carbonyl (C=O) groups excluding carboxylic acids is 4. The summed E-state index contributed by atoms with van der Waals surface area (Å²) in [4.78, 5) is 55.8. The minimum Gasteiger partial charge on any atom is -0.417 e. The minimum absolute atomic E-state index is 0.0879. The zero-order chi connectivity index (χ0) is 31.9. The Kier molecular flexibility index (Phi) is 11.1. The van der Waals surface area contributed by atoms with Crippen LogP contribution in [0.25, 0.3) is 0 Å². The standard InChI is InChI=1S/C34H48N4O5Si/c1-34(2,3)44(4,5)43-21-12-10-8-6-7-9-11-14-24-19-20-35-25(22-24)23-36-27-16-13-15-26-30(27)33(42)38(32(26)41)28-17-18-29(39)37-31(28)40/h13,15-16,19-20,22,28,36H,6-12,14,17-18,21,23H2,1-5H3,(H,37,39,40). The van der Waals surface area contributed by atoms with Gasteiger partial charge in [-0.2, -0.15) is 0 Å². The van der Waals surface area contributed by atoms with Crippen molar-refractivity contribution in [3.8, 4) is 0 Å². The third-order valence-electron chi connectivity index (χ3n) is 9.19. The van der Waals surface area contributed by atoms with Crippen LogP contribution in [0.1, 0.15) is 111 Å². The van der Waals surface area contributed by atoms with Crippen molar-refractivity contribution in [1.82, 2.24) is 15.2 Å². The Morgan fingerprint density at radius 2 is 1.68 bits per heavy atom. The Bertz CT molecular complexity index is 1370. The van der Waals surface area contributed by atoms with Crippen molar-refractivity contribution < 1.29 is 23.6 Å². The number of unbranched alkanes of at least 4 members (excludes halogenated alkanes) is 6. The van der Waals surface area contributed by atoms with Gasteiger partial charge in [0, 0.05) is 24.9 Å². The highest BCUT2D eigenvalue weighted by Crippen LogP contribution is 2.36. The van der Waals surface area contributed by atoms with Gasteiger partial charge in [-0.05, 0) is 73.6 Å². The van der Waals surface area contributed by atoms with Gasteiger partial charge in [-0.15, -0.1) is 0 Å². The maximum atomic E-state index is 13.3. The van der Waals surface area contributed by atoms with Crippen molar-refractivity contribution in [2.75, 3.05) is 11.9 Å². The quantitative estimate of drug-likeness (QED) is 0.135. The largest absolute Gasteiger partial charge is 0.417 e. The molecule has 10 heteroatoms. The van der Waals surface area contributed by atoms with Crippen LogP contribution in [0, 0.1) is 0 Å². The number of hydrogen-bond donors (Lipinski definition) is 2. The van der Waals surface area contributed by atoms with E-state index in [1.54, 1.807) is 18.2 Å². The summed E-state index contributed by atoms with van der Waals surface area (Å²) in [6.45, 7) is 12.8.